The highest BCUT2D eigenvalue weighted by atomic mass is 16.6. The summed E-state index contributed by atoms with van der Waals surface area (Å²) in [7, 11) is 0.960. The zero-order valence-corrected chi connectivity index (χ0v) is 8.45. The van der Waals surface area contributed by atoms with Crippen molar-refractivity contribution in [2.45, 2.75) is 0 Å². The summed E-state index contributed by atoms with van der Waals surface area (Å²) in [5.41, 5.74) is -2.67. The van der Waals surface area contributed by atoms with Gasteiger partial charge in [0, 0.05) is 6.07 Å². The summed E-state index contributed by atoms with van der Waals surface area (Å²) in [6.07, 6.45) is 0. The summed E-state index contributed by atoms with van der Waals surface area (Å²) in [6, 6.07) is 1.32. The molecule has 1 rings (SSSR count). The number of benzene rings is 1. The number of hydrogen-bond acceptors (Lipinski definition) is 7. The van der Waals surface area contributed by atoms with Crippen molar-refractivity contribution < 1.29 is 24.5 Å². The molecule has 0 aliphatic heterocycles. The third-order valence-corrected chi connectivity index (χ3v) is 1.86. The predicted molar refractivity (Wildman–Crippen MR) is 52.8 cm³/mol. The number of carbonyl (C=O) groups excluding carboxylic acids is 1. The normalized spacial score (nSPS) is 9.71. The molecule has 0 unspecified atom stereocenters. The SMILES string of the molecule is COC(=O)c1cc(O)cc([N+](=O)[O-])c1[N+](=O)[O-]. The number of nitro benzene ring substituents is 2. The number of phenolic OH excluding ortho intramolecular Hbond substituents is 1. The van der Waals surface area contributed by atoms with Gasteiger partial charge in [0.25, 0.3) is 0 Å². The van der Waals surface area contributed by atoms with Gasteiger partial charge in [0.15, 0.2) is 0 Å². The highest BCUT2D eigenvalue weighted by molar-refractivity contribution is 5.96. The van der Waals surface area contributed by atoms with Crippen LogP contribution in [0.5, 0.6) is 5.75 Å². The Kier molecular flexibility index (Phi) is 3.22. The predicted octanol–water partition coefficient (Wildman–Crippen LogP) is 0.995. The summed E-state index contributed by atoms with van der Waals surface area (Å²) < 4.78 is 4.24. The Hall–Kier alpha value is -2.71. The number of nitrogens with zero attached hydrogens (tertiary/aromatic N) is 2. The summed E-state index contributed by atoms with van der Waals surface area (Å²) in [5.74, 6) is -1.78. The lowest BCUT2D eigenvalue weighted by Crippen LogP contribution is -2.08. The van der Waals surface area contributed by atoms with E-state index < -0.39 is 38.5 Å². The van der Waals surface area contributed by atoms with Crippen LogP contribution in [-0.2, 0) is 4.74 Å². The van der Waals surface area contributed by atoms with Crippen LogP contribution in [0.15, 0.2) is 12.1 Å². The van der Waals surface area contributed by atoms with E-state index in [1.807, 2.05) is 0 Å². The van der Waals surface area contributed by atoms with Gasteiger partial charge in [-0.15, -0.1) is 0 Å². The molecule has 0 aromatic heterocycles. The molecule has 0 amide bonds. The third-order valence-electron chi connectivity index (χ3n) is 1.86. The van der Waals surface area contributed by atoms with Crippen molar-refractivity contribution in [1.29, 1.82) is 0 Å². The Bertz CT molecular complexity index is 511. The van der Waals surface area contributed by atoms with E-state index in [0.717, 1.165) is 13.2 Å². The van der Waals surface area contributed by atoms with Crippen molar-refractivity contribution in [3.8, 4) is 5.75 Å². The fourth-order valence-corrected chi connectivity index (χ4v) is 1.20. The molecule has 0 fully saturated rings. The number of esters is 1. The van der Waals surface area contributed by atoms with E-state index in [1.165, 1.54) is 0 Å². The largest absolute Gasteiger partial charge is 0.508 e. The molecule has 9 nitrogen and oxygen atoms in total. The highest BCUT2D eigenvalue weighted by Gasteiger charge is 2.33. The minimum absolute atomic E-state index is 0.588. The lowest BCUT2D eigenvalue weighted by Gasteiger charge is -2.02. The number of hydrogen-bond donors (Lipinski definition) is 1. The molecule has 1 aromatic rings. The van der Waals surface area contributed by atoms with E-state index in [9.17, 15) is 25.0 Å². The molecular formula is C8H6N2O7. The maximum atomic E-state index is 11.2. The minimum Gasteiger partial charge on any atom is -0.508 e. The van der Waals surface area contributed by atoms with Gasteiger partial charge in [0.2, 0.25) is 0 Å². The van der Waals surface area contributed by atoms with Crippen molar-refractivity contribution >= 4 is 17.3 Å². The van der Waals surface area contributed by atoms with E-state index in [0.29, 0.717) is 6.07 Å². The summed E-state index contributed by atoms with van der Waals surface area (Å²) in [5, 5.41) is 30.4. The van der Waals surface area contributed by atoms with Gasteiger partial charge >= 0.3 is 17.3 Å². The minimum atomic E-state index is -1.14. The highest BCUT2D eigenvalue weighted by Crippen LogP contribution is 2.34. The molecule has 1 N–H and O–H groups in total. The number of ether oxygens (including phenoxy) is 1. The molecule has 90 valence electrons. The van der Waals surface area contributed by atoms with Crippen molar-refractivity contribution in [3.05, 3.63) is 37.9 Å². The average molecular weight is 242 g/mol. The molecule has 0 saturated carbocycles. The van der Waals surface area contributed by atoms with Crippen LogP contribution in [-0.4, -0.2) is 28.0 Å². The Balaban J connectivity index is 3.63. The van der Waals surface area contributed by atoms with Gasteiger partial charge in [0.05, 0.1) is 23.0 Å². The smallest absolute Gasteiger partial charge is 0.360 e. The van der Waals surface area contributed by atoms with Crippen LogP contribution in [0.1, 0.15) is 10.4 Å². The van der Waals surface area contributed by atoms with Gasteiger partial charge in [0.1, 0.15) is 11.3 Å². The number of phenols is 1. The first-order valence-corrected chi connectivity index (χ1v) is 4.12. The van der Waals surface area contributed by atoms with Gasteiger partial charge in [-0.25, -0.2) is 4.79 Å². The lowest BCUT2D eigenvalue weighted by atomic mass is 10.1. The summed E-state index contributed by atoms with van der Waals surface area (Å²) in [6.45, 7) is 0. The molecule has 0 radical (unpaired) electrons. The van der Waals surface area contributed by atoms with Crippen LogP contribution in [0.2, 0.25) is 0 Å². The topological polar surface area (TPSA) is 133 Å². The fraction of sp³-hybridized carbons (Fsp3) is 0.125. The van der Waals surface area contributed by atoms with Crippen LogP contribution >= 0.6 is 0 Å². The first-order valence-electron chi connectivity index (χ1n) is 4.12. The second kappa shape index (κ2) is 4.43. The van der Waals surface area contributed by atoms with Crippen LogP contribution in [0.4, 0.5) is 11.4 Å². The van der Waals surface area contributed by atoms with Gasteiger partial charge in [-0.1, -0.05) is 0 Å². The number of methoxy groups -OCH3 is 1. The van der Waals surface area contributed by atoms with Crippen LogP contribution < -0.4 is 0 Å². The average Bonchev–Trinajstić information content (AvgIpc) is 2.26. The Labute approximate surface area is 93.5 Å². The first-order chi connectivity index (χ1) is 7.88. The van der Waals surface area contributed by atoms with Crippen molar-refractivity contribution in [2.24, 2.45) is 0 Å². The Morgan fingerprint density at radius 3 is 2.29 bits per heavy atom. The maximum Gasteiger partial charge on any atom is 0.360 e. The van der Waals surface area contributed by atoms with Crippen LogP contribution in [0.3, 0.4) is 0 Å². The summed E-state index contributed by atoms with van der Waals surface area (Å²) >= 11 is 0. The molecule has 0 aliphatic rings. The molecule has 0 aliphatic carbocycles. The number of carbonyl (C=O) groups is 1. The van der Waals surface area contributed by atoms with Gasteiger partial charge < -0.3 is 9.84 Å². The molecular weight excluding hydrogens is 236 g/mol. The zero-order valence-electron chi connectivity index (χ0n) is 8.45. The van der Waals surface area contributed by atoms with Crippen molar-refractivity contribution in [3.63, 3.8) is 0 Å². The monoisotopic (exact) mass is 242 g/mol. The third kappa shape index (κ3) is 2.27. The molecule has 0 bridgehead atoms. The molecule has 0 heterocycles. The van der Waals surface area contributed by atoms with Crippen molar-refractivity contribution in [2.75, 3.05) is 7.11 Å². The lowest BCUT2D eigenvalue weighted by molar-refractivity contribution is -0.422. The molecule has 1 aromatic carbocycles. The van der Waals surface area contributed by atoms with E-state index in [4.69, 9.17) is 5.11 Å². The van der Waals surface area contributed by atoms with Crippen LogP contribution in [0, 0.1) is 20.2 Å². The Morgan fingerprint density at radius 2 is 1.88 bits per heavy atom. The molecule has 9 heteroatoms. The molecule has 17 heavy (non-hydrogen) atoms. The number of aromatic hydroxyl groups is 1. The molecule has 0 atom stereocenters. The second-order valence-electron chi connectivity index (χ2n) is 2.87. The van der Waals surface area contributed by atoms with Crippen LogP contribution in [0.25, 0.3) is 0 Å². The van der Waals surface area contributed by atoms with E-state index in [-0.39, 0.29) is 0 Å². The molecule has 0 spiro atoms. The first kappa shape index (κ1) is 12.4. The van der Waals surface area contributed by atoms with E-state index >= 15 is 0 Å². The number of nitro groups is 2. The quantitative estimate of drug-likeness (QED) is 0.474. The zero-order chi connectivity index (χ0) is 13.2. The Morgan fingerprint density at radius 1 is 1.29 bits per heavy atom. The summed E-state index contributed by atoms with van der Waals surface area (Å²) in [4.78, 5) is 30.3. The van der Waals surface area contributed by atoms with E-state index in [1.54, 1.807) is 0 Å². The standard InChI is InChI=1S/C8H6N2O7/c1-17-8(12)5-2-4(11)3-6(9(13)14)7(5)10(15)16/h2-3,11H,1H3. The van der Waals surface area contributed by atoms with Gasteiger partial charge in [-0.3, -0.25) is 20.2 Å². The van der Waals surface area contributed by atoms with Gasteiger partial charge in [-0.05, 0) is 0 Å². The van der Waals surface area contributed by atoms with E-state index in [2.05, 4.69) is 4.74 Å². The molecule has 0 saturated heterocycles. The fourth-order valence-electron chi connectivity index (χ4n) is 1.20. The number of rotatable bonds is 3. The van der Waals surface area contributed by atoms with Gasteiger partial charge in [-0.2, -0.15) is 0 Å². The van der Waals surface area contributed by atoms with Crippen molar-refractivity contribution in [1.82, 2.24) is 0 Å². The maximum absolute atomic E-state index is 11.2. The second-order valence-corrected chi connectivity index (χ2v) is 2.87.